The van der Waals surface area contributed by atoms with Crippen LogP contribution >= 0.6 is 0 Å². The molecule has 2 bridgehead atoms. The Labute approximate surface area is 88.3 Å². The van der Waals surface area contributed by atoms with Crippen LogP contribution in [0.25, 0.3) is 0 Å². The number of fused-ring (bicyclic) bond motifs is 2. The van der Waals surface area contributed by atoms with Crippen LogP contribution in [-0.4, -0.2) is 40.3 Å². The lowest BCUT2D eigenvalue weighted by molar-refractivity contribution is -0.947. The van der Waals surface area contributed by atoms with Gasteiger partial charge in [-0.05, 0) is 25.2 Å². The lowest BCUT2D eigenvalue weighted by atomic mass is 9.94. The average Bonchev–Trinajstić information content (AvgIpc) is 2.74. The second-order valence-corrected chi connectivity index (χ2v) is 5.83. The van der Waals surface area contributed by atoms with Crippen LogP contribution in [0.1, 0.15) is 25.7 Å². The summed E-state index contributed by atoms with van der Waals surface area (Å²) in [5.41, 5.74) is 0. The van der Waals surface area contributed by atoms with Crippen LogP contribution in [0.3, 0.4) is 0 Å². The molecular formula is C12H26N2+2. The Balaban J connectivity index is 1.78. The molecule has 0 aromatic carbocycles. The number of hydrogen-bond acceptors (Lipinski definition) is 0. The molecule has 0 radical (unpaired) electrons. The maximum atomic E-state index is 2.41. The number of nitrogens with one attached hydrogen (secondary N) is 2. The lowest BCUT2D eigenvalue weighted by Crippen LogP contribution is -3.19. The quantitative estimate of drug-likeness (QED) is 0.564. The monoisotopic (exact) mass is 198 g/mol. The molecule has 0 heterocycles. The summed E-state index contributed by atoms with van der Waals surface area (Å²) in [6, 6.07) is 1.01. The highest BCUT2D eigenvalue weighted by Gasteiger charge is 2.43. The zero-order chi connectivity index (χ0) is 10.1. The molecule has 2 heteroatoms. The Bertz CT molecular complexity index is 191. The summed E-state index contributed by atoms with van der Waals surface area (Å²) in [4.78, 5) is 3.39. The molecule has 0 aliphatic heterocycles. The molecule has 2 aliphatic rings. The highest BCUT2D eigenvalue weighted by Crippen LogP contribution is 2.43. The largest absolute Gasteiger partial charge is 0.335 e. The summed E-state index contributed by atoms with van der Waals surface area (Å²) in [5, 5.41) is 0. The third-order valence-electron chi connectivity index (χ3n) is 4.39. The molecule has 4 atom stereocenters. The molecule has 2 rings (SSSR count). The van der Waals surface area contributed by atoms with Crippen molar-refractivity contribution in [3.63, 3.8) is 0 Å². The second kappa shape index (κ2) is 4.19. The van der Waals surface area contributed by atoms with E-state index in [0.29, 0.717) is 0 Å². The van der Waals surface area contributed by atoms with E-state index in [1.165, 1.54) is 32.4 Å². The molecule has 2 nitrogen and oxygen atoms in total. The van der Waals surface area contributed by atoms with E-state index in [-0.39, 0.29) is 0 Å². The van der Waals surface area contributed by atoms with Crippen molar-refractivity contribution in [1.82, 2.24) is 0 Å². The van der Waals surface area contributed by atoms with Gasteiger partial charge in [-0.3, -0.25) is 0 Å². The maximum Gasteiger partial charge on any atom is 0.127 e. The Morgan fingerprint density at radius 3 is 2.29 bits per heavy atom. The Morgan fingerprint density at radius 2 is 1.79 bits per heavy atom. The van der Waals surface area contributed by atoms with E-state index in [2.05, 4.69) is 21.1 Å². The van der Waals surface area contributed by atoms with E-state index in [4.69, 9.17) is 0 Å². The van der Waals surface area contributed by atoms with Gasteiger partial charge in [0.15, 0.2) is 0 Å². The van der Waals surface area contributed by atoms with E-state index < -0.39 is 0 Å². The van der Waals surface area contributed by atoms with Crippen molar-refractivity contribution < 1.29 is 9.80 Å². The van der Waals surface area contributed by atoms with Gasteiger partial charge in [-0.15, -0.1) is 0 Å². The summed E-state index contributed by atoms with van der Waals surface area (Å²) in [5.74, 6) is 2.18. The van der Waals surface area contributed by atoms with E-state index in [1.54, 1.807) is 16.2 Å². The highest BCUT2D eigenvalue weighted by molar-refractivity contribution is 4.89. The van der Waals surface area contributed by atoms with Crippen molar-refractivity contribution in [1.29, 1.82) is 0 Å². The highest BCUT2D eigenvalue weighted by atomic mass is 15.2. The number of rotatable bonds is 4. The van der Waals surface area contributed by atoms with Gasteiger partial charge in [-0.1, -0.05) is 0 Å². The van der Waals surface area contributed by atoms with Crippen molar-refractivity contribution in [3.05, 3.63) is 0 Å². The summed E-state index contributed by atoms with van der Waals surface area (Å²) in [6.07, 6.45) is 6.14. The zero-order valence-corrected chi connectivity index (χ0v) is 9.97. The summed E-state index contributed by atoms with van der Waals surface area (Å²) in [6.45, 7) is 2.68. The fraction of sp³-hybridized carbons (Fsp3) is 1.00. The molecule has 0 aromatic rings. The standard InChI is InChI=1S/C12H24N2/c1-13(2)6-7-14(3)12-9-10-4-5-11(12)8-10/h10-12H,4-9H2,1-3H3/p+2/t10-,11+,12+/m1/s1. The zero-order valence-electron chi connectivity index (χ0n) is 9.97. The Morgan fingerprint density at radius 1 is 1.00 bits per heavy atom. The third kappa shape index (κ3) is 2.12. The van der Waals surface area contributed by atoms with Gasteiger partial charge in [0, 0.05) is 12.3 Å². The summed E-state index contributed by atoms with van der Waals surface area (Å²) < 4.78 is 0. The van der Waals surface area contributed by atoms with Gasteiger partial charge < -0.3 is 9.80 Å². The van der Waals surface area contributed by atoms with Crippen molar-refractivity contribution >= 4 is 0 Å². The molecule has 1 unspecified atom stereocenters. The molecule has 82 valence electrons. The van der Waals surface area contributed by atoms with Gasteiger partial charge >= 0.3 is 0 Å². The first-order valence-electron chi connectivity index (χ1n) is 6.28. The molecule has 0 aromatic heterocycles. The van der Waals surface area contributed by atoms with Crippen LogP contribution in [0, 0.1) is 11.8 Å². The minimum atomic E-state index is 1.01. The normalized spacial score (nSPS) is 38.1. The SMILES string of the molecule is C[NH+](C)CC[NH+](C)[C@H]1C[C@@H]2CC[C@H]1C2. The fourth-order valence-electron chi connectivity index (χ4n) is 3.48. The summed E-state index contributed by atoms with van der Waals surface area (Å²) >= 11 is 0. The van der Waals surface area contributed by atoms with Crippen LogP contribution in [0.2, 0.25) is 0 Å². The molecule has 0 spiro atoms. The Hall–Kier alpha value is -0.0800. The van der Waals surface area contributed by atoms with Crippen molar-refractivity contribution in [2.24, 2.45) is 11.8 Å². The van der Waals surface area contributed by atoms with Crippen LogP contribution in [0.15, 0.2) is 0 Å². The lowest BCUT2D eigenvalue weighted by Gasteiger charge is -2.28. The molecule has 2 N–H and O–H groups in total. The fourth-order valence-corrected chi connectivity index (χ4v) is 3.48. The van der Waals surface area contributed by atoms with Crippen molar-refractivity contribution in [2.75, 3.05) is 34.2 Å². The predicted octanol–water partition coefficient (Wildman–Crippen LogP) is -1.17. The Kier molecular flexibility index (Phi) is 3.13. The molecule has 14 heavy (non-hydrogen) atoms. The number of quaternary nitrogens is 2. The molecule has 2 saturated carbocycles. The van der Waals surface area contributed by atoms with E-state index >= 15 is 0 Å². The first-order chi connectivity index (χ1) is 6.66. The third-order valence-corrected chi connectivity index (χ3v) is 4.39. The van der Waals surface area contributed by atoms with Gasteiger partial charge in [0.25, 0.3) is 0 Å². The molecule has 2 aliphatic carbocycles. The van der Waals surface area contributed by atoms with Gasteiger partial charge in [0.1, 0.15) is 13.1 Å². The van der Waals surface area contributed by atoms with E-state index in [0.717, 1.165) is 17.9 Å². The number of hydrogen-bond donors (Lipinski definition) is 2. The first kappa shape index (κ1) is 10.4. The van der Waals surface area contributed by atoms with Crippen LogP contribution in [0.5, 0.6) is 0 Å². The van der Waals surface area contributed by atoms with Gasteiger partial charge in [-0.25, -0.2) is 0 Å². The summed E-state index contributed by atoms with van der Waals surface area (Å²) in [7, 11) is 6.93. The topological polar surface area (TPSA) is 8.88 Å². The smallest absolute Gasteiger partial charge is 0.127 e. The molecule has 0 amide bonds. The van der Waals surface area contributed by atoms with Gasteiger partial charge in [0.2, 0.25) is 0 Å². The van der Waals surface area contributed by atoms with Crippen molar-refractivity contribution in [2.45, 2.75) is 31.7 Å². The van der Waals surface area contributed by atoms with Crippen LogP contribution < -0.4 is 9.80 Å². The maximum absolute atomic E-state index is 2.41. The van der Waals surface area contributed by atoms with E-state index in [1.807, 2.05) is 0 Å². The van der Waals surface area contributed by atoms with Crippen molar-refractivity contribution in [3.8, 4) is 0 Å². The predicted molar refractivity (Wildman–Crippen MR) is 58.7 cm³/mol. The second-order valence-electron chi connectivity index (χ2n) is 5.83. The van der Waals surface area contributed by atoms with Crippen LogP contribution in [0.4, 0.5) is 0 Å². The van der Waals surface area contributed by atoms with Gasteiger partial charge in [-0.2, -0.15) is 0 Å². The van der Waals surface area contributed by atoms with E-state index in [9.17, 15) is 0 Å². The molecule has 2 fully saturated rings. The average molecular weight is 198 g/mol. The molecular weight excluding hydrogens is 172 g/mol. The minimum absolute atomic E-state index is 1.01. The van der Waals surface area contributed by atoms with Gasteiger partial charge in [0.05, 0.1) is 27.2 Å². The first-order valence-corrected chi connectivity index (χ1v) is 6.28. The minimum Gasteiger partial charge on any atom is -0.335 e. The van der Waals surface area contributed by atoms with Crippen LogP contribution in [-0.2, 0) is 0 Å². The number of likely N-dealkylation sites (N-methyl/N-ethyl adjacent to an activating group) is 2. The molecule has 0 saturated heterocycles.